The van der Waals surface area contributed by atoms with E-state index in [1.165, 1.54) is 6.07 Å². The molecule has 1 aliphatic rings. The molecule has 4 nitrogen and oxygen atoms in total. The second-order valence-electron chi connectivity index (χ2n) is 5.13. The largest absolute Gasteiger partial charge is 0.481 e. The van der Waals surface area contributed by atoms with Crippen LogP contribution in [0.3, 0.4) is 0 Å². The van der Waals surface area contributed by atoms with Gasteiger partial charge < -0.3 is 10.0 Å². The molecule has 0 amide bonds. The molecule has 0 spiro atoms. The van der Waals surface area contributed by atoms with E-state index >= 15 is 0 Å². The SMILES string of the molecule is CN1CCN(C(CC(=O)O)c2ccc(F)c(Br)c2)CC1. The Morgan fingerprint density at radius 1 is 1.40 bits per heavy atom. The van der Waals surface area contributed by atoms with E-state index < -0.39 is 5.97 Å². The van der Waals surface area contributed by atoms with Gasteiger partial charge in [0, 0.05) is 32.2 Å². The summed E-state index contributed by atoms with van der Waals surface area (Å²) in [7, 11) is 2.05. The minimum absolute atomic E-state index is 0.0296. The molecule has 1 unspecified atom stereocenters. The van der Waals surface area contributed by atoms with Crippen LogP contribution >= 0.6 is 15.9 Å². The van der Waals surface area contributed by atoms with Gasteiger partial charge in [-0.15, -0.1) is 0 Å². The summed E-state index contributed by atoms with van der Waals surface area (Å²) in [5.74, 6) is -1.17. The predicted molar refractivity (Wildman–Crippen MR) is 78.2 cm³/mol. The van der Waals surface area contributed by atoms with Gasteiger partial charge in [-0.25, -0.2) is 4.39 Å². The van der Waals surface area contributed by atoms with Crippen molar-refractivity contribution in [2.24, 2.45) is 0 Å². The third kappa shape index (κ3) is 3.77. The van der Waals surface area contributed by atoms with Crippen LogP contribution in [-0.2, 0) is 4.79 Å². The molecule has 1 saturated heterocycles. The maximum Gasteiger partial charge on any atom is 0.305 e. The maximum absolute atomic E-state index is 13.3. The molecular weight excluding hydrogens is 327 g/mol. The zero-order chi connectivity index (χ0) is 14.7. The zero-order valence-corrected chi connectivity index (χ0v) is 12.9. The minimum Gasteiger partial charge on any atom is -0.481 e. The summed E-state index contributed by atoms with van der Waals surface area (Å²) in [5, 5.41) is 9.13. The standard InChI is InChI=1S/C14H18BrFN2O2/c1-17-4-6-18(7-5-17)13(9-14(19)20)10-2-3-12(16)11(15)8-10/h2-3,8,13H,4-7,9H2,1H3,(H,19,20). The minimum atomic E-state index is -0.839. The molecule has 1 N–H and O–H groups in total. The van der Waals surface area contributed by atoms with Gasteiger partial charge >= 0.3 is 5.97 Å². The van der Waals surface area contributed by atoms with Crippen LogP contribution in [0.1, 0.15) is 18.0 Å². The molecular formula is C14H18BrFN2O2. The third-order valence-electron chi connectivity index (χ3n) is 3.68. The highest BCUT2D eigenvalue weighted by atomic mass is 79.9. The van der Waals surface area contributed by atoms with Crippen LogP contribution in [0.4, 0.5) is 4.39 Å². The number of aliphatic carboxylic acids is 1. The van der Waals surface area contributed by atoms with E-state index in [0.717, 1.165) is 31.7 Å². The van der Waals surface area contributed by atoms with Crippen molar-refractivity contribution in [2.45, 2.75) is 12.5 Å². The van der Waals surface area contributed by atoms with Gasteiger partial charge in [-0.05, 0) is 40.7 Å². The number of carboxylic acid groups (broad SMARTS) is 1. The molecule has 1 fully saturated rings. The maximum atomic E-state index is 13.3. The van der Waals surface area contributed by atoms with Gasteiger partial charge in [-0.1, -0.05) is 6.07 Å². The highest BCUT2D eigenvalue weighted by Gasteiger charge is 2.26. The van der Waals surface area contributed by atoms with E-state index in [-0.39, 0.29) is 18.3 Å². The number of nitrogens with zero attached hydrogens (tertiary/aromatic N) is 2. The van der Waals surface area contributed by atoms with Crippen LogP contribution in [-0.4, -0.2) is 54.1 Å². The summed E-state index contributed by atoms with van der Waals surface area (Å²) in [6.45, 7) is 3.48. The molecule has 1 aromatic rings. The number of benzene rings is 1. The molecule has 1 heterocycles. The zero-order valence-electron chi connectivity index (χ0n) is 11.4. The van der Waals surface area contributed by atoms with E-state index in [2.05, 4.69) is 32.8 Å². The van der Waals surface area contributed by atoms with Gasteiger partial charge in [0.15, 0.2) is 0 Å². The molecule has 1 atom stereocenters. The molecule has 0 saturated carbocycles. The summed E-state index contributed by atoms with van der Waals surface area (Å²) >= 11 is 3.16. The number of rotatable bonds is 4. The lowest BCUT2D eigenvalue weighted by molar-refractivity contribution is -0.138. The number of halogens is 2. The van der Waals surface area contributed by atoms with Crippen molar-refractivity contribution in [3.63, 3.8) is 0 Å². The van der Waals surface area contributed by atoms with Gasteiger partial charge in [0.05, 0.1) is 10.9 Å². The monoisotopic (exact) mass is 344 g/mol. The van der Waals surface area contributed by atoms with Crippen LogP contribution in [0, 0.1) is 5.82 Å². The number of carbonyl (C=O) groups is 1. The van der Waals surface area contributed by atoms with Crippen molar-refractivity contribution < 1.29 is 14.3 Å². The first-order valence-electron chi connectivity index (χ1n) is 6.56. The molecule has 110 valence electrons. The quantitative estimate of drug-likeness (QED) is 0.910. The lowest BCUT2D eigenvalue weighted by Crippen LogP contribution is -2.46. The normalized spacial score (nSPS) is 18.9. The van der Waals surface area contributed by atoms with E-state index in [9.17, 15) is 9.18 Å². The topological polar surface area (TPSA) is 43.8 Å². The van der Waals surface area contributed by atoms with E-state index in [4.69, 9.17) is 5.11 Å². The van der Waals surface area contributed by atoms with Crippen molar-refractivity contribution in [2.75, 3.05) is 33.2 Å². The molecule has 0 aliphatic carbocycles. The van der Waals surface area contributed by atoms with Crippen LogP contribution in [0.5, 0.6) is 0 Å². The van der Waals surface area contributed by atoms with Crippen molar-refractivity contribution >= 4 is 21.9 Å². The Kier molecular flexibility index (Phi) is 5.12. The van der Waals surface area contributed by atoms with Gasteiger partial charge in [0.2, 0.25) is 0 Å². The average molecular weight is 345 g/mol. The van der Waals surface area contributed by atoms with Crippen LogP contribution in [0.25, 0.3) is 0 Å². The third-order valence-corrected chi connectivity index (χ3v) is 4.28. The van der Waals surface area contributed by atoms with Crippen LogP contribution < -0.4 is 0 Å². The molecule has 1 aromatic carbocycles. The van der Waals surface area contributed by atoms with Crippen LogP contribution in [0.2, 0.25) is 0 Å². The number of piperazine rings is 1. The molecule has 0 bridgehead atoms. The first-order valence-corrected chi connectivity index (χ1v) is 7.36. The Hall–Kier alpha value is -0.980. The van der Waals surface area contributed by atoms with Gasteiger partial charge in [0.25, 0.3) is 0 Å². The fourth-order valence-corrected chi connectivity index (χ4v) is 2.87. The fraction of sp³-hybridized carbons (Fsp3) is 0.500. The Bertz CT molecular complexity index is 490. The molecule has 2 rings (SSSR count). The summed E-state index contributed by atoms with van der Waals surface area (Å²) in [4.78, 5) is 15.5. The highest BCUT2D eigenvalue weighted by molar-refractivity contribution is 9.10. The smallest absolute Gasteiger partial charge is 0.305 e. The first-order chi connectivity index (χ1) is 9.47. The van der Waals surface area contributed by atoms with Crippen molar-refractivity contribution in [3.8, 4) is 0 Å². The summed E-state index contributed by atoms with van der Waals surface area (Å²) < 4.78 is 13.7. The summed E-state index contributed by atoms with van der Waals surface area (Å²) in [6, 6.07) is 4.52. The Labute approximate surface area is 126 Å². The van der Waals surface area contributed by atoms with E-state index in [1.54, 1.807) is 12.1 Å². The van der Waals surface area contributed by atoms with E-state index in [1.807, 2.05) is 0 Å². The second-order valence-corrected chi connectivity index (χ2v) is 5.98. The van der Waals surface area contributed by atoms with Crippen LogP contribution in [0.15, 0.2) is 22.7 Å². The number of hydrogen-bond donors (Lipinski definition) is 1. The van der Waals surface area contributed by atoms with Gasteiger partial charge in [0.1, 0.15) is 5.82 Å². The number of likely N-dealkylation sites (N-methyl/N-ethyl adjacent to an activating group) is 1. The highest BCUT2D eigenvalue weighted by Crippen LogP contribution is 2.28. The fourth-order valence-electron chi connectivity index (χ4n) is 2.48. The molecule has 1 aliphatic heterocycles. The lowest BCUT2D eigenvalue weighted by Gasteiger charge is -2.37. The van der Waals surface area contributed by atoms with E-state index in [0.29, 0.717) is 4.47 Å². The number of carboxylic acids is 1. The second kappa shape index (κ2) is 6.65. The Morgan fingerprint density at radius 2 is 2.05 bits per heavy atom. The van der Waals surface area contributed by atoms with Crippen molar-refractivity contribution in [1.29, 1.82) is 0 Å². The van der Waals surface area contributed by atoms with Crippen molar-refractivity contribution in [3.05, 3.63) is 34.1 Å². The first kappa shape index (κ1) is 15.4. The molecule has 0 aromatic heterocycles. The Balaban J connectivity index is 2.22. The lowest BCUT2D eigenvalue weighted by atomic mass is 10.0. The van der Waals surface area contributed by atoms with Gasteiger partial charge in [-0.2, -0.15) is 0 Å². The summed E-state index contributed by atoms with van der Waals surface area (Å²) in [6.07, 6.45) is 0.0296. The molecule has 20 heavy (non-hydrogen) atoms. The molecule has 6 heteroatoms. The Morgan fingerprint density at radius 3 is 2.60 bits per heavy atom. The summed E-state index contributed by atoms with van der Waals surface area (Å²) in [5.41, 5.74) is 0.838. The molecule has 0 radical (unpaired) electrons. The number of hydrogen-bond acceptors (Lipinski definition) is 3. The predicted octanol–water partition coefficient (Wildman–Crippen LogP) is 2.35. The van der Waals surface area contributed by atoms with Gasteiger partial charge in [-0.3, -0.25) is 9.69 Å². The average Bonchev–Trinajstić information content (AvgIpc) is 2.40. The van der Waals surface area contributed by atoms with Crippen molar-refractivity contribution in [1.82, 2.24) is 9.80 Å².